The maximum atomic E-state index is 12.7. The van der Waals surface area contributed by atoms with Crippen LogP contribution < -0.4 is 9.73 Å². The van der Waals surface area contributed by atoms with Crippen LogP contribution in [0.5, 0.6) is 0 Å². The molecule has 0 radical (unpaired) electrons. The number of carbonyl (C=O) groups excluding carboxylic acids is 1. The van der Waals surface area contributed by atoms with Crippen molar-refractivity contribution in [2.24, 2.45) is 5.10 Å². The SMILES string of the molecule is CN(c1ccc(C(=O)N/N=C\c2ccccc2[N+](=O)[O-])cc1)S(=O)(=O)c1ccccc1. The molecule has 0 spiro atoms. The Hall–Kier alpha value is -4.05. The summed E-state index contributed by atoms with van der Waals surface area (Å²) in [6.07, 6.45) is 1.19. The Morgan fingerprint density at radius 2 is 1.61 bits per heavy atom. The molecule has 31 heavy (non-hydrogen) atoms. The Morgan fingerprint density at radius 1 is 1.00 bits per heavy atom. The summed E-state index contributed by atoms with van der Waals surface area (Å²) in [5.41, 5.74) is 3.03. The fourth-order valence-corrected chi connectivity index (χ4v) is 3.92. The van der Waals surface area contributed by atoms with E-state index in [0.29, 0.717) is 5.69 Å². The smallest absolute Gasteiger partial charge is 0.269 e. The van der Waals surface area contributed by atoms with Gasteiger partial charge in [-0.25, -0.2) is 13.8 Å². The number of nitrogens with zero attached hydrogens (tertiary/aromatic N) is 3. The first kappa shape index (κ1) is 21.7. The maximum Gasteiger partial charge on any atom is 0.278 e. The number of nitro benzene ring substituents is 1. The number of nitrogens with one attached hydrogen (secondary N) is 1. The number of sulfonamides is 1. The number of hydrogen-bond acceptors (Lipinski definition) is 6. The largest absolute Gasteiger partial charge is 0.278 e. The highest BCUT2D eigenvalue weighted by Gasteiger charge is 2.21. The molecule has 0 aliphatic carbocycles. The van der Waals surface area contributed by atoms with E-state index in [1.807, 2.05) is 0 Å². The Morgan fingerprint density at radius 3 is 2.26 bits per heavy atom. The molecule has 0 unspecified atom stereocenters. The van der Waals surface area contributed by atoms with E-state index in [-0.39, 0.29) is 21.7 Å². The van der Waals surface area contributed by atoms with Gasteiger partial charge in [0, 0.05) is 18.7 Å². The number of anilines is 1. The quantitative estimate of drug-likeness (QED) is 0.345. The van der Waals surface area contributed by atoms with Crippen LogP contribution in [0, 0.1) is 10.1 Å². The molecule has 1 N–H and O–H groups in total. The van der Waals surface area contributed by atoms with E-state index in [1.165, 1.54) is 67.9 Å². The lowest BCUT2D eigenvalue weighted by Crippen LogP contribution is -2.26. The van der Waals surface area contributed by atoms with Gasteiger partial charge in [0.2, 0.25) is 0 Å². The first-order valence-electron chi connectivity index (χ1n) is 9.01. The number of para-hydroxylation sites is 1. The monoisotopic (exact) mass is 438 g/mol. The molecule has 3 aromatic carbocycles. The number of hydrazone groups is 1. The molecule has 0 aliphatic heterocycles. The minimum Gasteiger partial charge on any atom is -0.269 e. The summed E-state index contributed by atoms with van der Waals surface area (Å²) < 4.78 is 26.5. The van der Waals surface area contributed by atoms with Crippen LogP contribution in [0.25, 0.3) is 0 Å². The van der Waals surface area contributed by atoms with Gasteiger partial charge < -0.3 is 0 Å². The molecule has 3 aromatic rings. The van der Waals surface area contributed by atoms with Gasteiger partial charge in [-0.3, -0.25) is 19.2 Å². The van der Waals surface area contributed by atoms with Crippen molar-refractivity contribution in [3.8, 4) is 0 Å². The first-order chi connectivity index (χ1) is 14.8. The van der Waals surface area contributed by atoms with Crippen LogP contribution in [0.3, 0.4) is 0 Å². The molecule has 0 bridgehead atoms. The van der Waals surface area contributed by atoms with E-state index in [4.69, 9.17) is 0 Å². The van der Waals surface area contributed by atoms with Crippen LogP contribution in [0.4, 0.5) is 11.4 Å². The zero-order chi connectivity index (χ0) is 22.4. The molecule has 0 saturated carbocycles. The molecule has 0 aromatic heterocycles. The molecule has 158 valence electrons. The average Bonchev–Trinajstić information content (AvgIpc) is 2.79. The third-order valence-electron chi connectivity index (χ3n) is 4.40. The molecule has 0 atom stereocenters. The minimum absolute atomic E-state index is 0.132. The van der Waals surface area contributed by atoms with E-state index in [2.05, 4.69) is 10.5 Å². The second-order valence-corrected chi connectivity index (χ2v) is 8.32. The standard InChI is InChI=1S/C21H18N4O5S/c1-24(31(29,30)19-8-3-2-4-9-19)18-13-11-16(12-14-18)21(26)23-22-15-17-7-5-6-10-20(17)25(27)28/h2-15H,1H3,(H,23,26)/b22-15-. The summed E-state index contributed by atoms with van der Waals surface area (Å²) in [4.78, 5) is 22.9. The average molecular weight is 438 g/mol. The van der Waals surface area contributed by atoms with Crippen molar-refractivity contribution in [1.29, 1.82) is 0 Å². The molecule has 1 amide bonds. The van der Waals surface area contributed by atoms with Crippen molar-refractivity contribution >= 4 is 33.5 Å². The zero-order valence-electron chi connectivity index (χ0n) is 16.4. The molecule has 0 fully saturated rings. The van der Waals surface area contributed by atoms with E-state index >= 15 is 0 Å². The highest BCUT2D eigenvalue weighted by molar-refractivity contribution is 7.92. The van der Waals surface area contributed by atoms with Gasteiger partial charge >= 0.3 is 0 Å². The van der Waals surface area contributed by atoms with Gasteiger partial charge in [-0.05, 0) is 42.5 Å². The Labute approximate surface area is 178 Å². The van der Waals surface area contributed by atoms with E-state index in [0.717, 1.165) is 4.31 Å². The van der Waals surface area contributed by atoms with Crippen molar-refractivity contribution in [3.63, 3.8) is 0 Å². The third-order valence-corrected chi connectivity index (χ3v) is 6.20. The number of carbonyl (C=O) groups is 1. The molecule has 10 heteroatoms. The third kappa shape index (κ3) is 4.93. The Kier molecular flexibility index (Phi) is 6.41. The zero-order valence-corrected chi connectivity index (χ0v) is 17.2. The van der Waals surface area contributed by atoms with Crippen molar-refractivity contribution in [2.75, 3.05) is 11.4 Å². The van der Waals surface area contributed by atoms with E-state index < -0.39 is 20.9 Å². The van der Waals surface area contributed by atoms with Gasteiger partial charge in [-0.1, -0.05) is 30.3 Å². The van der Waals surface area contributed by atoms with Crippen LogP contribution >= 0.6 is 0 Å². The predicted molar refractivity (Wildman–Crippen MR) is 117 cm³/mol. The van der Waals surface area contributed by atoms with Crippen LogP contribution in [-0.2, 0) is 10.0 Å². The lowest BCUT2D eigenvalue weighted by Gasteiger charge is -2.19. The Bertz CT molecular complexity index is 1230. The van der Waals surface area contributed by atoms with Gasteiger partial charge in [-0.15, -0.1) is 0 Å². The molecular weight excluding hydrogens is 420 g/mol. The van der Waals surface area contributed by atoms with Crippen LogP contribution in [0.1, 0.15) is 15.9 Å². The number of rotatable bonds is 7. The lowest BCUT2D eigenvalue weighted by molar-refractivity contribution is -0.385. The van der Waals surface area contributed by atoms with Gasteiger partial charge in [-0.2, -0.15) is 5.10 Å². The summed E-state index contributed by atoms with van der Waals surface area (Å²) in [5.74, 6) is -0.546. The highest BCUT2D eigenvalue weighted by Crippen LogP contribution is 2.22. The summed E-state index contributed by atoms with van der Waals surface area (Å²) in [7, 11) is -2.30. The van der Waals surface area contributed by atoms with Crippen molar-refractivity contribution in [1.82, 2.24) is 5.43 Å². The van der Waals surface area contributed by atoms with Crippen molar-refractivity contribution < 1.29 is 18.1 Å². The first-order valence-corrected chi connectivity index (χ1v) is 10.5. The fourth-order valence-electron chi connectivity index (χ4n) is 2.70. The number of nitro groups is 1. The molecule has 3 rings (SSSR count). The lowest BCUT2D eigenvalue weighted by atomic mass is 10.2. The maximum absolute atomic E-state index is 12.7. The predicted octanol–water partition coefficient (Wildman–Crippen LogP) is 3.18. The van der Waals surface area contributed by atoms with Crippen LogP contribution in [0.15, 0.2) is 88.9 Å². The number of benzene rings is 3. The molecule has 0 heterocycles. The van der Waals surface area contributed by atoms with Crippen LogP contribution in [0.2, 0.25) is 0 Å². The van der Waals surface area contributed by atoms with Gasteiger partial charge in [0.25, 0.3) is 21.6 Å². The summed E-state index contributed by atoms with van der Waals surface area (Å²) >= 11 is 0. The van der Waals surface area contributed by atoms with Crippen molar-refractivity contribution in [3.05, 3.63) is 100 Å². The topological polar surface area (TPSA) is 122 Å². The molecular formula is C21H18N4O5S. The Balaban J connectivity index is 1.70. The molecule has 9 nitrogen and oxygen atoms in total. The van der Waals surface area contributed by atoms with Crippen molar-refractivity contribution in [2.45, 2.75) is 4.90 Å². The number of amides is 1. The van der Waals surface area contributed by atoms with Gasteiger partial charge in [0.15, 0.2) is 0 Å². The second kappa shape index (κ2) is 9.18. The van der Waals surface area contributed by atoms with Gasteiger partial charge in [0.05, 0.1) is 27.3 Å². The normalized spacial score (nSPS) is 11.3. The molecule has 0 saturated heterocycles. The highest BCUT2D eigenvalue weighted by atomic mass is 32.2. The van der Waals surface area contributed by atoms with E-state index in [1.54, 1.807) is 24.3 Å². The minimum atomic E-state index is -3.73. The van der Waals surface area contributed by atoms with Crippen LogP contribution in [-0.4, -0.2) is 32.5 Å². The summed E-state index contributed by atoms with van der Waals surface area (Å²) in [5, 5.41) is 14.8. The van der Waals surface area contributed by atoms with Gasteiger partial charge in [0.1, 0.15) is 0 Å². The van der Waals surface area contributed by atoms with E-state index in [9.17, 15) is 23.3 Å². The fraction of sp³-hybridized carbons (Fsp3) is 0.0476. The molecule has 0 aliphatic rings. The summed E-state index contributed by atoms with van der Waals surface area (Å²) in [6.45, 7) is 0. The second-order valence-electron chi connectivity index (χ2n) is 6.35. The number of hydrogen-bond donors (Lipinski definition) is 1. The summed E-state index contributed by atoms with van der Waals surface area (Å²) in [6, 6.07) is 19.9.